The van der Waals surface area contributed by atoms with Crippen LogP contribution in [0.4, 0.5) is 18.9 Å². The van der Waals surface area contributed by atoms with Crippen LogP contribution in [0.2, 0.25) is 0 Å². The van der Waals surface area contributed by atoms with Gasteiger partial charge in [0.1, 0.15) is 12.2 Å². The Morgan fingerprint density at radius 3 is 2.62 bits per heavy atom. The van der Waals surface area contributed by atoms with Gasteiger partial charge in [0.2, 0.25) is 0 Å². The first-order valence-electron chi connectivity index (χ1n) is 12.5. The Bertz CT molecular complexity index is 1290. The summed E-state index contributed by atoms with van der Waals surface area (Å²) in [5, 5.41) is 15.7. The van der Waals surface area contributed by atoms with Crippen molar-refractivity contribution in [2.45, 2.75) is 58.3 Å². The van der Waals surface area contributed by atoms with Crippen LogP contribution in [0.1, 0.15) is 62.0 Å². The molecule has 3 heterocycles. The van der Waals surface area contributed by atoms with Crippen LogP contribution < -0.4 is 0 Å². The molecule has 11 heteroatoms. The number of hydrogen-bond acceptors (Lipinski definition) is 5. The number of nitrogens with zero attached hydrogens (tertiary/aromatic N) is 5. The van der Waals surface area contributed by atoms with E-state index >= 15 is 0 Å². The Balaban J connectivity index is 1.61. The molecule has 200 valence electrons. The third-order valence-corrected chi connectivity index (χ3v) is 6.87. The van der Waals surface area contributed by atoms with Gasteiger partial charge in [-0.05, 0) is 51.3 Å². The molecule has 0 saturated carbocycles. The lowest BCUT2D eigenvalue weighted by molar-refractivity contribution is -0.138. The summed E-state index contributed by atoms with van der Waals surface area (Å²) in [5.74, 6) is -0.872. The molecule has 0 spiro atoms. The van der Waals surface area contributed by atoms with Gasteiger partial charge in [-0.15, -0.1) is 0 Å². The van der Waals surface area contributed by atoms with Crippen molar-refractivity contribution in [2.75, 3.05) is 26.7 Å². The number of aromatic amines is 1. The van der Waals surface area contributed by atoms with Crippen molar-refractivity contribution in [1.29, 1.82) is 0 Å². The number of rotatable bonds is 7. The summed E-state index contributed by atoms with van der Waals surface area (Å²) >= 11 is 0. The highest BCUT2D eigenvalue weighted by Gasteiger charge is 2.32. The van der Waals surface area contributed by atoms with E-state index in [0.717, 1.165) is 33.0 Å². The van der Waals surface area contributed by atoms with Gasteiger partial charge < -0.3 is 19.9 Å². The van der Waals surface area contributed by atoms with E-state index in [0.29, 0.717) is 51.3 Å². The molecule has 0 unspecified atom stereocenters. The van der Waals surface area contributed by atoms with Gasteiger partial charge in [-0.1, -0.05) is 6.92 Å². The van der Waals surface area contributed by atoms with Crippen LogP contribution in [-0.4, -0.2) is 80.2 Å². The van der Waals surface area contributed by atoms with Crippen LogP contribution in [0.15, 0.2) is 35.6 Å². The summed E-state index contributed by atoms with van der Waals surface area (Å²) in [6.07, 6.45) is 1.59. The lowest BCUT2D eigenvalue weighted by Crippen LogP contribution is -2.39. The zero-order chi connectivity index (χ0) is 26.9. The number of carbonyl (C=O) groups excluding carboxylic acids is 1. The maximum absolute atomic E-state index is 12.8. The molecule has 4 rings (SSSR count). The number of hydrogen-bond donors (Lipinski definition) is 2. The zero-order valence-electron chi connectivity index (χ0n) is 21.5. The molecular formula is C26H33F3N6O2. The minimum absolute atomic E-state index is 0.0931. The first-order chi connectivity index (χ1) is 17.5. The van der Waals surface area contributed by atoms with Gasteiger partial charge in [0.05, 0.1) is 29.7 Å². The normalized spacial score (nSPS) is 16.2. The topological polar surface area (TPSA) is 89.7 Å². The molecule has 8 nitrogen and oxygen atoms in total. The number of fused-ring (bicyclic) bond motifs is 1. The van der Waals surface area contributed by atoms with Gasteiger partial charge in [-0.2, -0.15) is 18.3 Å². The summed E-state index contributed by atoms with van der Waals surface area (Å²) in [6.45, 7) is 6.99. The number of H-pyrrole nitrogens is 1. The Hall–Kier alpha value is -3.34. The molecule has 1 saturated heterocycles. The van der Waals surface area contributed by atoms with Crippen molar-refractivity contribution in [1.82, 2.24) is 24.6 Å². The molecule has 37 heavy (non-hydrogen) atoms. The Labute approximate surface area is 213 Å². The van der Waals surface area contributed by atoms with Crippen LogP contribution in [0.5, 0.6) is 5.88 Å². The van der Waals surface area contributed by atoms with Crippen molar-refractivity contribution in [3.05, 3.63) is 41.7 Å². The van der Waals surface area contributed by atoms with Crippen molar-refractivity contribution in [2.24, 2.45) is 4.99 Å². The third-order valence-electron chi connectivity index (χ3n) is 6.87. The van der Waals surface area contributed by atoms with Crippen molar-refractivity contribution in [3.63, 3.8) is 0 Å². The monoisotopic (exact) mass is 518 g/mol. The fraction of sp³-hybridized carbons (Fsp3) is 0.500. The first kappa shape index (κ1) is 26.7. The minimum atomic E-state index is -4.50. The number of piperidine rings is 1. The van der Waals surface area contributed by atoms with Gasteiger partial charge in [0.25, 0.3) is 5.91 Å². The Kier molecular flexibility index (Phi) is 7.63. The predicted molar refractivity (Wildman–Crippen MR) is 137 cm³/mol. The van der Waals surface area contributed by atoms with Crippen LogP contribution in [0, 0.1) is 0 Å². The fourth-order valence-electron chi connectivity index (χ4n) is 4.88. The molecule has 0 aliphatic carbocycles. The standard InChI is InChI=1S/C26H33F3N6O2/c1-5-21(31-18-13-30-35(14-18)19-8-10-34(11-9-19)16(2)3)23-20-12-17(6-7-22(20)32-24(23)36)25(37)33(4)15-26(27,28)29/h6-7,12-14,16,19,32,36H,5,8-11,15H2,1-4H3. The molecule has 0 bridgehead atoms. The van der Waals surface area contributed by atoms with E-state index < -0.39 is 18.6 Å². The molecule has 3 aromatic rings. The summed E-state index contributed by atoms with van der Waals surface area (Å²) in [6, 6.07) is 5.33. The Morgan fingerprint density at radius 1 is 1.30 bits per heavy atom. The largest absolute Gasteiger partial charge is 0.494 e. The van der Waals surface area contributed by atoms with Crippen LogP contribution in [-0.2, 0) is 0 Å². The number of benzene rings is 1. The third kappa shape index (κ3) is 5.98. The highest BCUT2D eigenvalue weighted by Crippen LogP contribution is 2.32. The number of halogens is 3. The lowest BCUT2D eigenvalue weighted by atomic mass is 10.0. The highest BCUT2D eigenvalue weighted by molar-refractivity contribution is 6.14. The molecular weight excluding hydrogens is 485 g/mol. The quantitative estimate of drug-likeness (QED) is 0.417. The van der Waals surface area contributed by atoms with Gasteiger partial charge >= 0.3 is 6.18 Å². The molecule has 1 aliphatic rings. The number of nitrogens with one attached hydrogen (secondary N) is 1. The molecule has 0 atom stereocenters. The average molecular weight is 519 g/mol. The summed E-state index contributed by atoms with van der Waals surface area (Å²) in [5.41, 5.74) is 2.29. The molecule has 2 aromatic heterocycles. The minimum Gasteiger partial charge on any atom is -0.494 e. The van der Waals surface area contributed by atoms with Gasteiger partial charge in [-0.25, -0.2) is 4.99 Å². The van der Waals surface area contributed by atoms with E-state index in [2.05, 4.69) is 28.8 Å². The number of aromatic nitrogens is 3. The summed E-state index contributed by atoms with van der Waals surface area (Å²) < 4.78 is 40.3. The molecule has 2 N–H and O–H groups in total. The average Bonchev–Trinajstić information content (AvgIpc) is 3.44. The van der Waals surface area contributed by atoms with Crippen molar-refractivity contribution in [3.8, 4) is 5.88 Å². The Morgan fingerprint density at radius 2 is 2.00 bits per heavy atom. The van der Waals surface area contributed by atoms with Crippen LogP contribution >= 0.6 is 0 Å². The summed E-state index contributed by atoms with van der Waals surface area (Å²) in [4.78, 5) is 23.3. The van der Waals surface area contributed by atoms with E-state index in [9.17, 15) is 23.1 Å². The van der Waals surface area contributed by atoms with Crippen LogP contribution in [0.3, 0.4) is 0 Å². The molecule has 1 amide bonds. The van der Waals surface area contributed by atoms with E-state index in [-0.39, 0.29) is 11.4 Å². The summed E-state index contributed by atoms with van der Waals surface area (Å²) in [7, 11) is 1.11. The zero-order valence-corrected chi connectivity index (χ0v) is 21.5. The van der Waals surface area contributed by atoms with Crippen molar-refractivity contribution < 1.29 is 23.1 Å². The second-order valence-corrected chi connectivity index (χ2v) is 9.84. The number of aromatic hydroxyl groups is 1. The van der Waals surface area contributed by atoms with Crippen LogP contribution in [0.25, 0.3) is 10.9 Å². The lowest BCUT2D eigenvalue weighted by Gasteiger charge is -2.34. The highest BCUT2D eigenvalue weighted by atomic mass is 19.4. The maximum Gasteiger partial charge on any atom is 0.406 e. The van der Waals surface area contributed by atoms with E-state index in [1.165, 1.54) is 12.1 Å². The van der Waals surface area contributed by atoms with E-state index in [4.69, 9.17) is 4.99 Å². The first-order valence-corrected chi connectivity index (χ1v) is 12.5. The van der Waals surface area contributed by atoms with E-state index in [1.54, 1.807) is 12.3 Å². The number of aliphatic imine (C=N–C) groups is 1. The fourth-order valence-corrected chi connectivity index (χ4v) is 4.88. The number of alkyl halides is 3. The predicted octanol–water partition coefficient (Wildman–Crippen LogP) is 5.28. The smallest absolute Gasteiger partial charge is 0.406 e. The second kappa shape index (κ2) is 10.6. The molecule has 1 aliphatic heterocycles. The van der Waals surface area contributed by atoms with Gasteiger partial charge in [0.15, 0.2) is 5.88 Å². The van der Waals surface area contributed by atoms with Gasteiger partial charge in [-0.3, -0.25) is 9.48 Å². The maximum atomic E-state index is 12.8. The molecule has 1 fully saturated rings. The second-order valence-electron chi connectivity index (χ2n) is 9.84. The number of likely N-dealkylation sites (tertiary alicyclic amines) is 1. The van der Waals surface area contributed by atoms with E-state index in [1.807, 2.05) is 17.8 Å². The number of amides is 1. The van der Waals surface area contributed by atoms with Gasteiger partial charge in [0, 0.05) is 42.6 Å². The van der Waals surface area contributed by atoms with Crippen molar-refractivity contribution >= 4 is 28.2 Å². The molecule has 1 aromatic carbocycles. The number of carbonyl (C=O) groups is 1. The SMILES string of the molecule is CCC(=Nc1cnn(C2CCN(C(C)C)CC2)c1)c1c(O)[nH]c2ccc(C(=O)N(C)CC(F)(F)F)cc12. The molecule has 0 radical (unpaired) electrons.